The molecule has 5 unspecified atom stereocenters. The van der Waals surface area contributed by atoms with Crippen LogP contribution < -0.4 is 11.5 Å². The van der Waals surface area contributed by atoms with Gasteiger partial charge in [0.25, 0.3) is 0 Å². The first kappa shape index (κ1) is 10.7. The molecule has 4 N–H and O–H groups in total. The van der Waals surface area contributed by atoms with Crippen molar-refractivity contribution in [3.05, 3.63) is 29.3 Å². The topological polar surface area (TPSA) is 52.0 Å². The molecular formula is C17H22N2. The number of nitrogen functional groups attached to an aromatic ring is 1. The van der Waals surface area contributed by atoms with Crippen LogP contribution in [0.25, 0.3) is 0 Å². The first-order valence-electron chi connectivity index (χ1n) is 7.62. The standard InChI is InChI=1S/C17H22N2/c1-15-5-13-11-3-2-10(18)4-12(11)14-6-16(19,7-15)9-17(13,14)8-15/h2-4,13-14H,5-9,18-19H2,1H3. The van der Waals surface area contributed by atoms with Crippen LogP contribution in [0.4, 0.5) is 5.69 Å². The van der Waals surface area contributed by atoms with Gasteiger partial charge in [0.1, 0.15) is 0 Å². The molecule has 3 bridgehead atoms. The van der Waals surface area contributed by atoms with Gasteiger partial charge in [0.2, 0.25) is 0 Å². The number of hydrogen-bond donors (Lipinski definition) is 2. The van der Waals surface area contributed by atoms with Gasteiger partial charge in [-0.15, -0.1) is 0 Å². The molecule has 0 radical (unpaired) electrons. The number of hydrogen-bond acceptors (Lipinski definition) is 2. The molecule has 19 heavy (non-hydrogen) atoms. The smallest absolute Gasteiger partial charge is 0.0317 e. The molecular weight excluding hydrogens is 232 g/mol. The SMILES string of the molecule is CC12CC3c4ccc(N)cc4C4CC(N)(C1)CC34C2. The minimum Gasteiger partial charge on any atom is -0.399 e. The van der Waals surface area contributed by atoms with Crippen LogP contribution in [-0.2, 0) is 0 Å². The normalized spacial score (nSPS) is 52.5. The molecule has 100 valence electrons. The van der Waals surface area contributed by atoms with Crippen LogP contribution in [0.5, 0.6) is 0 Å². The van der Waals surface area contributed by atoms with E-state index in [1.165, 1.54) is 32.1 Å². The Morgan fingerprint density at radius 3 is 2.68 bits per heavy atom. The molecule has 3 saturated carbocycles. The van der Waals surface area contributed by atoms with E-state index in [4.69, 9.17) is 11.5 Å². The summed E-state index contributed by atoms with van der Waals surface area (Å²) in [6.07, 6.45) is 6.41. The van der Waals surface area contributed by atoms with E-state index in [0.717, 1.165) is 11.6 Å². The summed E-state index contributed by atoms with van der Waals surface area (Å²) < 4.78 is 0. The van der Waals surface area contributed by atoms with E-state index < -0.39 is 0 Å². The predicted octanol–water partition coefficient (Wildman–Crippen LogP) is 3.13. The Morgan fingerprint density at radius 2 is 1.84 bits per heavy atom. The lowest BCUT2D eigenvalue weighted by Gasteiger charge is -2.41. The van der Waals surface area contributed by atoms with Gasteiger partial charge in [0.15, 0.2) is 0 Å². The fourth-order valence-corrected chi connectivity index (χ4v) is 6.87. The summed E-state index contributed by atoms with van der Waals surface area (Å²) in [6.45, 7) is 2.48. The summed E-state index contributed by atoms with van der Waals surface area (Å²) >= 11 is 0. The molecule has 1 aromatic rings. The van der Waals surface area contributed by atoms with Crippen LogP contribution in [-0.4, -0.2) is 5.54 Å². The van der Waals surface area contributed by atoms with Crippen LogP contribution in [0.15, 0.2) is 18.2 Å². The van der Waals surface area contributed by atoms with Crippen LogP contribution in [0.2, 0.25) is 0 Å². The third-order valence-corrected chi connectivity index (χ3v) is 6.77. The van der Waals surface area contributed by atoms with Crippen LogP contribution in [0.3, 0.4) is 0 Å². The van der Waals surface area contributed by atoms with Gasteiger partial charge in [-0.3, -0.25) is 0 Å². The van der Waals surface area contributed by atoms with Crippen molar-refractivity contribution >= 4 is 5.69 Å². The molecule has 0 heterocycles. The zero-order valence-corrected chi connectivity index (χ0v) is 11.6. The molecule has 0 amide bonds. The summed E-state index contributed by atoms with van der Waals surface area (Å²) in [7, 11) is 0. The Kier molecular flexibility index (Phi) is 1.53. The largest absolute Gasteiger partial charge is 0.399 e. The molecule has 1 aromatic carbocycles. The Bertz CT molecular complexity index is 605. The van der Waals surface area contributed by atoms with E-state index in [2.05, 4.69) is 25.1 Å². The fourth-order valence-electron chi connectivity index (χ4n) is 6.87. The van der Waals surface area contributed by atoms with E-state index in [1.807, 2.05) is 0 Å². The predicted molar refractivity (Wildman–Crippen MR) is 76.9 cm³/mol. The monoisotopic (exact) mass is 254 g/mol. The van der Waals surface area contributed by atoms with Gasteiger partial charge in [0, 0.05) is 11.2 Å². The molecule has 4 aliphatic carbocycles. The fraction of sp³-hybridized carbons (Fsp3) is 0.647. The van der Waals surface area contributed by atoms with Crippen LogP contribution >= 0.6 is 0 Å². The van der Waals surface area contributed by atoms with Crippen molar-refractivity contribution < 1.29 is 0 Å². The highest BCUT2D eigenvalue weighted by molar-refractivity contribution is 5.55. The lowest BCUT2D eigenvalue weighted by Crippen LogP contribution is -2.45. The Labute approximate surface area is 114 Å². The Hall–Kier alpha value is -1.02. The number of nitrogens with two attached hydrogens (primary N) is 2. The third-order valence-electron chi connectivity index (χ3n) is 6.77. The molecule has 5 rings (SSSR count). The average Bonchev–Trinajstić information content (AvgIpc) is 2.75. The van der Waals surface area contributed by atoms with Gasteiger partial charge in [-0.2, -0.15) is 0 Å². The molecule has 5 atom stereocenters. The molecule has 2 heteroatoms. The van der Waals surface area contributed by atoms with Crippen molar-refractivity contribution in [3.63, 3.8) is 0 Å². The van der Waals surface area contributed by atoms with Gasteiger partial charge < -0.3 is 11.5 Å². The van der Waals surface area contributed by atoms with Crippen LogP contribution in [0.1, 0.15) is 62.0 Å². The summed E-state index contributed by atoms with van der Waals surface area (Å²) in [4.78, 5) is 0. The minimum absolute atomic E-state index is 0.106. The van der Waals surface area contributed by atoms with Crippen molar-refractivity contribution in [2.75, 3.05) is 5.73 Å². The van der Waals surface area contributed by atoms with Gasteiger partial charge in [0.05, 0.1) is 0 Å². The third kappa shape index (κ3) is 1.06. The quantitative estimate of drug-likeness (QED) is 0.699. The maximum Gasteiger partial charge on any atom is 0.0317 e. The maximum atomic E-state index is 6.75. The zero-order chi connectivity index (χ0) is 13.0. The molecule has 3 fully saturated rings. The van der Waals surface area contributed by atoms with E-state index in [1.54, 1.807) is 11.1 Å². The Balaban J connectivity index is 1.79. The second-order valence-electron chi connectivity index (χ2n) is 8.34. The van der Waals surface area contributed by atoms with Crippen molar-refractivity contribution in [2.45, 2.75) is 56.4 Å². The molecule has 0 aliphatic heterocycles. The summed E-state index contributed by atoms with van der Waals surface area (Å²) in [5.74, 6) is 1.44. The highest BCUT2D eigenvalue weighted by atomic mass is 14.9. The summed E-state index contributed by atoms with van der Waals surface area (Å²) in [5.41, 5.74) is 17.9. The van der Waals surface area contributed by atoms with Crippen molar-refractivity contribution in [2.24, 2.45) is 16.6 Å². The second-order valence-corrected chi connectivity index (χ2v) is 8.34. The average molecular weight is 254 g/mol. The molecule has 4 aliphatic rings. The zero-order valence-electron chi connectivity index (χ0n) is 11.6. The van der Waals surface area contributed by atoms with E-state index in [9.17, 15) is 0 Å². The molecule has 2 nitrogen and oxygen atoms in total. The molecule has 1 spiro atoms. The highest BCUT2D eigenvalue weighted by Crippen LogP contribution is 2.79. The second kappa shape index (κ2) is 2.71. The lowest BCUT2D eigenvalue weighted by atomic mass is 9.66. The van der Waals surface area contributed by atoms with Gasteiger partial charge in [-0.25, -0.2) is 0 Å². The van der Waals surface area contributed by atoms with Crippen molar-refractivity contribution in [1.82, 2.24) is 0 Å². The summed E-state index contributed by atoms with van der Waals surface area (Å²) in [6, 6.07) is 6.65. The number of rotatable bonds is 0. The van der Waals surface area contributed by atoms with E-state index >= 15 is 0 Å². The number of fused-ring (bicyclic) bond motifs is 5. The highest BCUT2D eigenvalue weighted by Gasteiger charge is 2.71. The van der Waals surface area contributed by atoms with E-state index in [0.29, 0.717) is 16.7 Å². The first-order valence-corrected chi connectivity index (χ1v) is 7.62. The minimum atomic E-state index is 0.106. The molecule has 0 saturated heterocycles. The molecule has 0 aromatic heterocycles. The lowest BCUT2D eigenvalue weighted by molar-refractivity contribution is 0.133. The van der Waals surface area contributed by atoms with Crippen molar-refractivity contribution in [3.8, 4) is 0 Å². The van der Waals surface area contributed by atoms with E-state index in [-0.39, 0.29) is 5.54 Å². The number of benzene rings is 1. The summed E-state index contributed by atoms with van der Waals surface area (Å²) in [5, 5.41) is 0. The maximum absolute atomic E-state index is 6.75. The van der Waals surface area contributed by atoms with Crippen LogP contribution in [0, 0.1) is 10.8 Å². The van der Waals surface area contributed by atoms with Crippen molar-refractivity contribution in [1.29, 1.82) is 0 Å². The Morgan fingerprint density at radius 1 is 1.05 bits per heavy atom. The van der Waals surface area contributed by atoms with Gasteiger partial charge in [-0.1, -0.05) is 13.0 Å². The van der Waals surface area contributed by atoms with Gasteiger partial charge >= 0.3 is 0 Å². The first-order chi connectivity index (χ1) is 8.93. The van der Waals surface area contributed by atoms with Gasteiger partial charge in [-0.05, 0) is 78.0 Å². The number of anilines is 1.